The second-order valence-corrected chi connectivity index (χ2v) is 7.93. The van der Waals surface area contributed by atoms with Gasteiger partial charge in [0.1, 0.15) is 5.69 Å². The minimum Gasteiger partial charge on any atom is -0.359 e. The molecule has 1 unspecified atom stereocenters. The molecule has 7 nitrogen and oxygen atoms in total. The number of likely N-dealkylation sites (tertiary alicyclic amines) is 2. The van der Waals surface area contributed by atoms with E-state index in [-0.39, 0.29) is 11.3 Å². The summed E-state index contributed by atoms with van der Waals surface area (Å²) in [5.41, 5.74) is 2.22. The minimum atomic E-state index is -0.265. The van der Waals surface area contributed by atoms with Crippen molar-refractivity contribution < 1.29 is 9.32 Å². The van der Waals surface area contributed by atoms with E-state index in [0.29, 0.717) is 13.1 Å². The van der Waals surface area contributed by atoms with Gasteiger partial charge in [0.25, 0.3) is 0 Å². The predicted octanol–water partition coefficient (Wildman–Crippen LogP) is 2.76. The van der Waals surface area contributed by atoms with Crippen molar-refractivity contribution in [3.63, 3.8) is 0 Å². The van der Waals surface area contributed by atoms with Crippen LogP contribution in [0.25, 0.3) is 11.4 Å². The fourth-order valence-electron chi connectivity index (χ4n) is 4.45. The molecular weight excluding hydrogens is 366 g/mol. The molecule has 3 aromatic heterocycles. The first kappa shape index (κ1) is 18.0. The summed E-state index contributed by atoms with van der Waals surface area (Å²) in [6, 6.07) is 13.5. The highest BCUT2D eigenvalue weighted by molar-refractivity contribution is 5.85. The summed E-state index contributed by atoms with van der Waals surface area (Å²) in [6.07, 6.45) is 5.33. The number of carbonyl (C=O) groups excluding carboxylic acids is 1. The number of pyridine rings is 2. The zero-order valence-corrected chi connectivity index (χ0v) is 16.2. The average molecular weight is 389 g/mol. The highest BCUT2D eigenvalue weighted by atomic mass is 16.5. The molecule has 1 amide bonds. The molecule has 1 spiro atoms. The minimum absolute atomic E-state index is 0.261. The molecule has 2 aliphatic heterocycles. The third-order valence-corrected chi connectivity index (χ3v) is 5.98. The first-order chi connectivity index (χ1) is 14.2. The SMILES string of the molecule is O=C1N(Cc2ccccn2)CCC12CCN(Cc1cc(-c3ccccn3)no1)C2. The summed E-state index contributed by atoms with van der Waals surface area (Å²) in [4.78, 5) is 26.1. The fraction of sp³-hybridized carbons (Fsp3) is 0.364. The summed E-state index contributed by atoms with van der Waals surface area (Å²) in [5, 5.41) is 4.15. The van der Waals surface area contributed by atoms with Crippen LogP contribution >= 0.6 is 0 Å². The van der Waals surface area contributed by atoms with Crippen molar-refractivity contribution in [3.8, 4) is 11.4 Å². The molecule has 3 aromatic rings. The zero-order valence-electron chi connectivity index (χ0n) is 16.2. The summed E-state index contributed by atoms with van der Waals surface area (Å²) in [5.74, 6) is 1.07. The first-order valence-corrected chi connectivity index (χ1v) is 10.0. The van der Waals surface area contributed by atoms with E-state index in [1.165, 1.54) is 0 Å². The van der Waals surface area contributed by atoms with Gasteiger partial charge in [-0.1, -0.05) is 17.3 Å². The molecule has 5 heterocycles. The number of hydrogen-bond donors (Lipinski definition) is 0. The highest BCUT2D eigenvalue weighted by Crippen LogP contribution is 2.41. The van der Waals surface area contributed by atoms with Crippen LogP contribution in [0.3, 0.4) is 0 Å². The molecule has 148 valence electrons. The molecule has 0 saturated carbocycles. The van der Waals surface area contributed by atoms with Gasteiger partial charge in [-0.25, -0.2) is 0 Å². The molecule has 2 fully saturated rings. The van der Waals surface area contributed by atoms with Gasteiger partial charge in [0.15, 0.2) is 5.76 Å². The lowest BCUT2D eigenvalue weighted by Crippen LogP contribution is -2.36. The van der Waals surface area contributed by atoms with E-state index in [9.17, 15) is 4.79 Å². The summed E-state index contributed by atoms with van der Waals surface area (Å²) < 4.78 is 5.52. The number of carbonyl (C=O) groups is 1. The van der Waals surface area contributed by atoms with Gasteiger partial charge in [-0.2, -0.15) is 0 Å². The predicted molar refractivity (Wildman–Crippen MR) is 106 cm³/mol. The number of hydrogen-bond acceptors (Lipinski definition) is 6. The first-order valence-electron chi connectivity index (χ1n) is 10.0. The molecule has 7 heteroatoms. The van der Waals surface area contributed by atoms with Gasteiger partial charge >= 0.3 is 0 Å². The van der Waals surface area contributed by atoms with Crippen molar-refractivity contribution in [2.24, 2.45) is 5.41 Å². The second kappa shape index (κ2) is 7.40. The Kier molecular flexibility index (Phi) is 4.60. The van der Waals surface area contributed by atoms with Crippen LogP contribution in [0.5, 0.6) is 0 Å². The molecule has 0 bridgehead atoms. The Balaban J connectivity index is 1.22. The van der Waals surface area contributed by atoms with Crippen molar-refractivity contribution in [3.05, 3.63) is 66.3 Å². The van der Waals surface area contributed by atoms with Gasteiger partial charge in [-0.05, 0) is 43.7 Å². The van der Waals surface area contributed by atoms with E-state index >= 15 is 0 Å². The van der Waals surface area contributed by atoms with Gasteiger partial charge in [0.05, 0.1) is 29.9 Å². The normalized spacial score (nSPS) is 22.1. The van der Waals surface area contributed by atoms with Crippen LogP contribution in [-0.2, 0) is 17.9 Å². The van der Waals surface area contributed by atoms with Gasteiger partial charge in [0, 0.05) is 31.5 Å². The van der Waals surface area contributed by atoms with E-state index in [1.807, 2.05) is 47.4 Å². The number of amides is 1. The largest absolute Gasteiger partial charge is 0.359 e. The van der Waals surface area contributed by atoms with E-state index < -0.39 is 0 Å². The summed E-state index contributed by atoms with van der Waals surface area (Å²) in [7, 11) is 0. The zero-order chi connectivity index (χ0) is 19.7. The molecule has 0 N–H and O–H groups in total. The maximum atomic E-state index is 13.1. The molecule has 1 atom stereocenters. The lowest BCUT2D eigenvalue weighted by Gasteiger charge is -2.23. The Morgan fingerprint density at radius 2 is 1.79 bits per heavy atom. The molecule has 0 radical (unpaired) electrons. The monoisotopic (exact) mass is 389 g/mol. The summed E-state index contributed by atoms with van der Waals surface area (Å²) in [6.45, 7) is 3.72. The Hall–Kier alpha value is -3.06. The van der Waals surface area contributed by atoms with Gasteiger partial charge < -0.3 is 9.42 Å². The Morgan fingerprint density at radius 1 is 0.966 bits per heavy atom. The molecule has 5 rings (SSSR count). The molecule has 0 aliphatic carbocycles. The van der Waals surface area contributed by atoms with Crippen LogP contribution in [0.15, 0.2) is 59.4 Å². The number of aromatic nitrogens is 3. The second-order valence-electron chi connectivity index (χ2n) is 7.93. The maximum Gasteiger partial charge on any atom is 0.230 e. The quantitative estimate of drug-likeness (QED) is 0.668. The Bertz CT molecular complexity index is 991. The number of rotatable bonds is 5. The number of nitrogens with zero attached hydrogens (tertiary/aromatic N) is 5. The van der Waals surface area contributed by atoms with E-state index in [1.54, 1.807) is 12.4 Å². The van der Waals surface area contributed by atoms with Crippen molar-refractivity contribution in [1.82, 2.24) is 24.9 Å². The molecular formula is C22H23N5O2. The third-order valence-electron chi connectivity index (χ3n) is 5.98. The van der Waals surface area contributed by atoms with Crippen LogP contribution in [0.2, 0.25) is 0 Å². The average Bonchev–Trinajstić information content (AvgIpc) is 3.47. The molecule has 29 heavy (non-hydrogen) atoms. The highest BCUT2D eigenvalue weighted by Gasteiger charge is 2.50. The van der Waals surface area contributed by atoms with Crippen LogP contribution in [0, 0.1) is 5.41 Å². The van der Waals surface area contributed by atoms with E-state index in [2.05, 4.69) is 20.0 Å². The molecule has 2 aliphatic rings. The van der Waals surface area contributed by atoms with Crippen molar-refractivity contribution in [1.29, 1.82) is 0 Å². The molecule has 2 saturated heterocycles. The summed E-state index contributed by atoms with van der Waals surface area (Å²) >= 11 is 0. The van der Waals surface area contributed by atoms with Gasteiger partial charge in [-0.3, -0.25) is 19.7 Å². The van der Waals surface area contributed by atoms with Crippen molar-refractivity contribution in [2.45, 2.75) is 25.9 Å². The smallest absolute Gasteiger partial charge is 0.230 e. The van der Waals surface area contributed by atoms with Crippen molar-refractivity contribution >= 4 is 5.91 Å². The van der Waals surface area contributed by atoms with Crippen LogP contribution < -0.4 is 0 Å². The van der Waals surface area contributed by atoms with E-state index in [4.69, 9.17) is 4.52 Å². The van der Waals surface area contributed by atoms with Gasteiger partial charge in [0.2, 0.25) is 5.91 Å². The van der Waals surface area contributed by atoms with Crippen LogP contribution in [0.1, 0.15) is 24.3 Å². The Morgan fingerprint density at radius 3 is 2.59 bits per heavy atom. The molecule has 0 aromatic carbocycles. The standard InChI is InChI=1S/C22H23N5O2/c28-21-22(8-12-27(21)14-17-5-1-3-9-23-17)7-11-26(16-22)15-18-13-20(25-29-18)19-6-2-4-10-24-19/h1-6,9-10,13H,7-8,11-12,14-16H2. The lowest BCUT2D eigenvalue weighted by atomic mass is 9.85. The van der Waals surface area contributed by atoms with Crippen LogP contribution in [-0.4, -0.2) is 50.5 Å². The maximum absolute atomic E-state index is 13.1. The fourth-order valence-corrected chi connectivity index (χ4v) is 4.45. The lowest BCUT2D eigenvalue weighted by molar-refractivity contribution is -0.136. The van der Waals surface area contributed by atoms with Crippen molar-refractivity contribution in [2.75, 3.05) is 19.6 Å². The third kappa shape index (κ3) is 3.53. The van der Waals surface area contributed by atoms with E-state index in [0.717, 1.165) is 55.3 Å². The van der Waals surface area contributed by atoms with Gasteiger partial charge in [-0.15, -0.1) is 0 Å². The Labute approximate surface area is 169 Å². The van der Waals surface area contributed by atoms with Crippen LogP contribution in [0.4, 0.5) is 0 Å². The topological polar surface area (TPSA) is 75.4 Å².